The van der Waals surface area contributed by atoms with Crippen LogP contribution in [0.3, 0.4) is 0 Å². The van der Waals surface area contributed by atoms with E-state index >= 15 is 0 Å². The van der Waals surface area contributed by atoms with E-state index in [0.717, 1.165) is 32.8 Å². The summed E-state index contributed by atoms with van der Waals surface area (Å²) < 4.78 is 8.40. The van der Waals surface area contributed by atoms with Gasteiger partial charge in [-0.15, -0.1) is 11.6 Å². The van der Waals surface area contributed by atoms with Crippen molar-refractivity contribution in [2.45, 2.75) is 12.8 Å². The van der Waals surface area contributed by atoms with Gasteiger partial charge in [-0.3, -0.25) is 4.57 Å². The second kappa shape index (κ2) is 5.70. The van der Waals surface area contributed by atoms with Crippen LogP contribution in [0.25, 0.3) is 16.7 Å². The number of fused-ring (bicyclic) bond motifs is 1. The van der Waals surface area contributed by atoms with Crippen molar-refractivity contribution in [3.63, 3.8) is 0 Å². The molecule has 108 valence electrons. The molecular weight excluding hydrogens is 352 g/mol. The molecule has 3 rings (SSSR count). The molecule has 0 radical (unpaired) electrons. The first-order valence-corrected chi connectivity index (χ1v) is 7.84. The molecule has 3 nitrogen and oxygen atoms in total. The van der Waals surface area contributed by atoms with E-state index in [1.165, 1.54) is 5.56 Å². The SMILES string of the molecule is COc1ccc2c(c1)nc(CCl)n2-c1ccc(C)c(Br)c1. The van der Waals surface area contributed by atoms with Crippen LogP contribution in [0.4, 0.5) is 0 Å². The zero-order chi connectivity index (χ0) is 15.0. The fourth-order valence-electron chi connectivity index (χ4n) is 2.34. The first-order chi connectivity index (χ1) is 10.1. The molecule has 0 N–H and O–H groups in total. The third-order valence-corrected chi connectivity index (χ3v) is 4.56. The summed E-state index contributed by atoms with van der Waals surface area (Å²) in [6.45, 7) is 2.06. The number of alkyl halides is 1. The first-order valence-electron chi connectivity index (χ1n) is 6.52. The minimum atomic E-state index is 0.350. The highest BCUT2D eigenvalue weighted by Crippen LogP contribution is 2.28. The van der Waals surface area contributed by atoms with Crippen LogP contribution in [0.5, 0.6) is 5.75 Å². The van der Waals surface area contributed by atoms with Crippen LogP contribution in [0.15, 0.2) is 40.9 Å². The van der Waals surface area contributed by atoms with E-state index in [2.05, 4.69) is 50.6 Å². The Labute approximate surface area is 136 Å². The maximum Gasteiger partial charge on any atom is 0.129 e. The summed E-state index contributed by atoms with van der Waals surface area (Å²) in [4.78, 5) is 4.60. The Bertz CT molecular complexity index is 813. The number of aromatic nitrogens is 2. The summed E-state index contributed by atoms with van der Waals surface area (Å²) in [7, 11) is 1.65. The predicted octanol–water partition coefficient (Wildman–Crippen LogP) is 4.84. The monoisotopic (exact) mass is 364 g/mol. The molecule has 1 heterocycles. The summed E-state index contributed by atoms with van der Waals surface area (Å²) in [5, 5.41) is 0. The van der Waals surface area contributed by atoms with Gasteiger partial charge in [-0.05, 0) is 36.8 Å². The van der Waals surface area contributed by atoms with Gasteiger partial charge in [0, 0.05) is 16.2 Å². The maximum absolute atomic E-state index is 6.07. The molecule has 0 amide bonds. The number of nitrogens with zero attached hydrogens (tertiary/aromatic N) is 2. The predicted molar refractivity (Wildman–Crippen MR) is 89.6 cm³/mol. The third-order valence-electron chi connectivity index (χ3n) is 3.46. The van der Waals surface area contributed by atoms with Gasteiger partial charge >= 0.3 is 0 Å². The second-order valence-corrected chi connectivity index (χ2v) is 5.91. The largest absolute Gasteiger partial charge is 0.497 e. The van der Waals surface area contributed by atoms with Gasteiger partial charge in [0.25, 0.3) is 0 Å². The minimum Gasteiger partial charge on any atom is -0.497 e. The number of imidazole rings is 1. The Hall–Kier alpha value is -1.52. The van der Waals surface area contributed by atoms with Gasteiger partial charge in [-0.25, -0.2) is 4.98 Å². The Morgan fingerprint density at radius 1 is 1.24 bits per heavy atom. The smallest absolute Gasteiger partial charge is 0.129 e. The lowest BCUT2D eigenvalue weighted by atomic mass is 10.2. The van der Waals surface area contributed by atoms with Crippen molar-refractivity contribution in [2.24, 2.45) is 0 Å². The summed E-state index contributed by atoms with van der Waals surface area (Å²) in [5.74, 6) is 1.96. The first kappa shape index (κ1) is 14.4. The summed E-state index contributed by atoms with van der Waals surface area (Å²) >= 11 is 9.65. The fraction of sp³-hybridized carbons (Fsp3) is 0.188. The van der Waals surface area contributed by atoms with Crippen LogP contribution in [0.1, 0.15) is 11.4 Å². The van der Waals surface area contributed by atoms with E-state index < -0.39 is 0 Å². The number of hydrogen-bond donors (Lipinski definition) is 0. The van der Waals surface area contributed by atoms with Crippen LogP contribution in [0.2, 0.25) is 0 Å². The van der Waals surface area contributed by atoms with E-state index in [4.69, 9.17) is 16.3 Å². The molecule has 0 saturated heterocycles. The van der Waals surface area contributed by atoms with Crippen LogP contribution < -0.4 is 4.74 Å². The Morgan fingerprint density at radius 3 is 2.71 bits per heavy atom. The van der Waals surface area contributed by atoms with Crippen molar-refractivity contribution in [1.29, 1.82) is 0 Å². The number of ether oxygens (including phenoxy) is 1. The molecule has 2 aromatic carbocycles. The molecule has 0 fully saturated rings. The molecule has 1 aromatic heterocycles. The van der Waals surface area contributed by atoms with Gasteiger partial charge in [-0.2, -0.15) is 0 Å². The van der Waals surface area contributed by atoms with Crippen LogP contribution in [-0.2, 0) is 5.88 Å². The molecule has 0 unspecified atom stereocenters. The summed E-state index contributed by atoms with van der Waals surface area (Å²) in [5.41, 5.74) is 4.12. The molecule has 5 heteroatoms. The number of benzene rings is 2. The highest BCUT2D eigenvalue weighted by molar-refractivity contribution is 9.10. The van der Waals surface area contributed by atoms with E-state index in [-0.39, 0.29) is 0 Å². The molecule has 0 atom stereocenters. The third kappa shape index (κ3) is 2.54. The van der Waals surface area contributed by atoms with Crippen molar-refractivity contribution in [2.75, 3.05) is 7.11 Å². The normalized spacial score (nSPS) is 11.0. The van der Waals surface area contributed by atoms with E-state index in [1.54, 1.807) is 7.11 Å². The molecular formula is C16H14BrClN2O. The van der Waals surface area contributed by atoms with Gasteiger partial charge in [0.05, 0.1) is 24.0 Å². The molecule has 0 aliphatic rings. The van der Waals surface area contributed by atoms with E-state index in [1.807, 2.05) is 18.2 Å². The molecule has 0 bridgehead atoms. The van der Waals surface area contributed by atoms with E-state index in [9.17, 15) is 0 Å². The average molecular weight is 366 g/mol. The number of aryl methyl sites for hydroxylation is 1. The van der Waals surface area contributed by atoms with Crippen molar-refractivity contribution in [1.82, 2.24) is 9.55 Å². The second-order valence-electron chi connectivity index (χ2n) is 4.79. The highest BCUT2D eigenvalue weighted by Gasteiger charge is 2.13. The van der Waals surface area contributed by atoms with Crippen molar-refractivity contribution in [3.8, 4) is 11.4 Å². The van der Waals surface area contributed by atoms with Gasteiger partial charge in [0.1, 0.15) is 11.6 Å². The number of hydrogen-bond acceptors (Lipinski definition) is 2. The quantitative estimate of drug-likeness (QED) is 0.621. The standard InChI is InChI=1S/C16H14BrClN2O/c1-10-3-4-11(7-13(10)17)20-15-6-5-12(21-2)8-14(15)19-16(20)9-18/h3-8H,9H2,1-2H3. The lowest BCUT2D eigenvalue weighted by Crippen LogP contribution is -1.99. The topological polar surface area (TPSA) is 27.1 Å². The minimum absolute atomic E-state index is 0.350. The van der Waals surface area contributed by atoms with Crippen molar-refractivity contribution in [3.05, 3.63) is 52.3 Å². The zero-order valence-corrected chi connectivity index (χ0v) is 14.1. The van der Waals surface area contributed by atoms with Crippen LogP contribution in [0, 0.1) is 6.92 Å². The number of rotatable bonds is 3. The zero-order valence-electron chi connectivity index (χ0n) is 11.7. The highest BCUT2D eigenvalue weighted by atomic mass is 79.9. The van der Waals surface area contributed by atoms with Crippen LogP contribution in [-0.4, -0.2) is 16.7 Å². The molecule has 0 aliphatic heterocycles. The summed E-state index contributed by atoms with van der Waals surface area (Å²) in [6.07, 6.45) is 0. The van der Waals surface area contributed by atoms with Gasteiger partial charge in [0.15, 0.2) is 0 Å². The van der Waals surface area contributed by atoms with Crippen molar-refractivity contribution >= 4 is 38.6 Å². The fourth-order valence-corrected chi connectivity index (χ4v) is 2.88. The van der Waals surface area contributed by atoms with Gasteiger partial charge < -0.3 is 4.74 Å². The molecule has 0 aliphatic carbocycles. The Balaban J connectivity index is 2.26. The Morgan fingerprint density at radius 2 is 2.05 bits per heavy atom. The number of halogens is 2. The lowest BCUT2D eigenvalue weighted by molar-refractivity contribution is 0.415. The molecule has 0 saturated carbocycles. The molecule has 0 spiro atoms. The Kier molecular flexibility index (Phi) is 3.91. The van der Waals surface area contributed by atoms with Gasteiger partial charge in [-0.1, -0.05) is 22.0 Å². The summed E-state index contributed by atoms with van der Waals surface area (Å²) in [6, 6.07) is 12.1. The average Bonchev–Trinajstić information content (AvgIpc) is 2.87. The molecule has 21 heavy (non-hydrogen) atoms. The van der Waals surface area contributed by atoms with Crippen LogP contribution >= 0.6 is 27.5 Å². The molecule has 3 aromatic rings. The van der Waals surface area contributed by atoms with E-state index in [0.29, 0.717) is 5.88 Å². The maximum atomic E-state index is 6.07. The number of methoxy groups -OCH3 is 1. The lowest BCUT2D eigenvalue weighted by Gasteiger charge is -2.09. The van der Waals surface area contributed by atoms with Gasteiger partial charge in [0.2, 0.25) is 0 Å². The van der Waals surface area contributed by atoms with Crippen molar-refractivity contribution < 1.29 is 4.74 Å².